The van der Waals surface area contributed by atoms with Crippen molar-refractivity contribution in [3.05, 3.63) is 59.7 Å². The van der Waals surface area contributed by atoms with E-state index in [2.05, 4.69) is 29.2 Å². The van der Waals surface area contributed by atoms with Gasteiger partial charge in [0.1, 0.15) is 17.1 Å². The SMILES string of the molecule is CCc1ccccc1NC(=S)NNC1=CC(C)(C)Oc2ccc(O)cc21. The predicted molar refractivity (Wildman–Crippen MR) is 109 cm³/mol. The highest BCUT2D eigenvalue weighted by molar-refractivity contribution is 7.80. The topological polar surface area (TPSA) is 65.5 Å². The molecule has 1 aliphatic heterocycles. The molecule has 0 amide bonds. The van der Waals surface area contributed by atoms with Crippen molar-refractivity contribution in [2.75, 3.05) is 5.32 Å². The molecule has 0 saturated carbocycles. The van der Waals surface area contributed by atoms with Crippen molar-refractivity contribution < 1.29 is 9.84 Å². The lowest BCUT2D eigenvalue weighted by Gasteiger charge is -2.31. The molecule has 0 unspecified atom stereocenters. The number of hydrogen-bond donors (Lipinski definition) is 4. The first kappa shape index (κ1) is 18.1. The Labute approximate surface area is 159 Å². The number of benzene rings is 2. The van der Waals surface area contributed by atoms with Gasteiger partial charge in [-0.15, -0.1) is 0 Å². The summed E-state index contributed by atoms with van der Waals surface area (Å²) in [5.41, 5.74) is 9.41. The third-order valence-electron chi connectivity index (χ3n) is 4.08. The second-order valence-electron chi connectivity index (χ2n) is 6.66. The molecule has 5 nitrogen and oxygen atoms in total. The maximum atomic E-state index is 9.80. The second-order valence-corrected chi connectivity index (χ2v) is 7.07. The van der Waals surface area contributed by atoms with E-state index in [0.717, 1.165) is 23.4 Å². The van der Waals surface area contributed by atoms with Gasteiger partial charge >= 0.3 is 0 Å². The van der Waals surface area contributed by atoms with E-state index in [-0.39, 0.29) is 5.75 Å². The monoisotopic (exact) mass is 369 g/mol. The van der Waals surface area contributed by atoms with Crippen molar-refractivity contribution in [1.82, 2.24) is 10.9 Å². The number of nitrogens with one attached hydrogen (secondary N) is 3. The van der Waals surface area contributed by atoms with Gasteiger partial charge in [0.05, 0.1) is 5.70 Å². The van der Waals surface area contributed by atoms with Crippen LogP contribution in [0.3, 0.4) is 0 Å². The molecule has 1 heterocycles. The lowest BCUT2D eigenvalue weighted by Crippen LogP contribution is -2.41. The average Bonchev–Trinajstić information content (AvgIpc) is 2.60. The van der Waals surface area contributed by atoms with Crippen LogP contribution < -0.4 is 20.9 Å². The molecule has 0 atom stereocenters. The molecule has 6 heteroatoms. The van der Waals surface area contributed by atoms with Crippen molar-refractivity contribution in [2.24, 2.45) is 0 Å². The molecule has 3 rings (SSSR count). The fourth-order valence-corrected chi connectivity index (χ4v) is 3.05. The summed E-state index contributed by atoms with van der Waals surface area (Å²) in [6.07, 6.45) is 2.87. The first-order chi connectivity index (χ1) is 12.4. The molecule has 2 aromatic rings. The van der Waals surface area contributed by atoms with Crippen LogP contribution in [0.2, 0.25) is 0 Å². The van der Waals surface area contributed by atoms with Gasteiger partial charge in [0, 0.05) is 11.3 Å². The summed E-state index contributed by atoms with van der Waals surface area (Å²) in [4.78, 5) is 0. The number of thiocarbonyl (C=S) groups is 1. The van der Waals surface area contributed by atoms with E-state index in [9.17, 15) is 5.11 Å². The molecule has 0 bridgehead atoms. The van der Waals surface area contributed by atoms with Crippen LogP contribution in [0.4, 0.5) is 5.69 Å². The van der Waals surface area contributed by atoms with Crippen LogP contribution in [0.25, 0.3) is 5.70 Å². The minimum atomic E-state index is -0.474. The fraction of sp³-hybridized carbons (Fsp3) is 0.250. The molecule has 0 spiro atoms. The Morgan fingerprint density at radius 3 is 2.73 bits per heavy atom. The van der Waals surface area contributed by atoms with Gasteiger partial charge in [-0.25, -0.2) is 0 Å². The zero-order valence-electron chi connectivity index (χ0n) is 15.1. The van der Waals surface area contributed by atoms with E-state index in [4.69, 9.17) is 17.0 Å². The number of fused-ring (bicyclic) bond motifs is 1. The zero-order chi connectivity index (χ0) is 18.7. The summed E-state index contributed by atoms with van der Waals surface area (Å²) in [5.74, 6) is 0.882. The molecular formula is C20H23N3O2S. The molecule has 1 aliphatic rings. The Morgan fingerprint density at radius 2 is 1.96 bits per heavy atom. The van der Waals surface area contributed by atoms with E-state index in [0.29, 0.717) is 10.9 Å². The number of hydrogen-bond acceptors (Lipinski definition) is 4. The van der Waals surface area contributed by atoms with Crippen molar-refractivity contribution in [1.29, 1.82) is 0 Å². The summed E-state index contributed by atoms with van der Waals surface area (Å²) in [6, 6.07) is 13.1. The largest absolute Gasteiger partial charge is 0.508 e. The molecule has 4 N–H and O–H groups in total. The van der Waals surface area contributed by atoms with Gasteiger partial charge in [0.15, 0.2) is 5.11 Å². The normalized spacial score (nSPS) is 14.5. The Morgan fingerprint density at radius 1 is 1.19 bits per heavy atom. The molecule has 0 radical (unpaired) electrons. The van der Waals surface area contributed by atoms with E-state index in [1.807, 2.05) is 38.1 Å². The van der Waals surface area contributed by atoms with Gasteiger partial charge in [-0.2, -0.15) is 0 Å². The highest BCUT2D eigenvalue weighted by atomic mass is 32.1. The standard InChI is InChI=1S/C20H23N3O2S/c1-4-13-7-5-6-8-16(13)21-19(26)23-22-17-12-20(2,3)25-18-10-9-14(24)11-15(17)18/h5-12,22,24H,4H2,1-3H3,(H2,21,23,26). The maximum Gasteiger partial charge on any atom is 0.189 e. The van der Waals surface area contributed by atoms with Crippen molar-refractivity contribution in [3.63, 3.8) is 0 Å². The molecule has 136 valence electrons. The summed E-state index contributed by atoms with van der Waals surface area (Å²) in [6.45, 7) is 6.05. The third kappa shape index (κ3) is 4.08. The van der Waals surface area contributed by atoms with Crippen LogP contribution in [0.5, 0.6) is 11.5 Å². The first-order valence-corrected chi connectivity index (χ1v) is 8.95. The quantitative estimate of drug-likeness (QED) is 0.483. The van der Waals surface area contributed by atoms with Crippen LogP contribution in [-0.4, -0.2) is 15.8 Å². The van der Waals surface area contributed by atoms with Crippen LogP contribution in [0.1, 0.15) is 31.9 Å². The Kier molecular flexibility index (Phi) is 5.04. The number of anilines is 1. The summed E-state index contributed by atoms with van der Waals surface area (Å²) < 4.78 is 5.93. The van der Waals surface area contributed by atoms with E-state index in [1.54, 1.807) is 18.2 Å². The van der Waals surface area contributed by atoms with Crippen molar-refractivity contribution >= 4 is 28.7 Å². The van der Waals surface area contributed by atoms with Gasteiger partial charge in [0.25, 0.3) is 0 Å². The maximum absolute atomic E-state index is 9.80. The van der Waals surface area contributed by atoms with Gasteiger partial charge in [0.2, 0.25) is 0 Å². The second kappa shape index (κ2) is 7.25. The smallest absolute Gasteiger partial charge is 0.189 e. The minimum absolute atomic E-state index is 0.178. The third-order valence-corrected chi connectivity index (χ3v) is 4.28. The Balaban J connectivity index is 1.73. The summed E-state index contributed by atoms with van der Waals surface area (Å²) >= 11 is 5.40. The number of phenols is 1. The molecule has 2 aromatic carbocycles. The Hall–Kier alpha value is -2.73. The van der Waals surface area contributed by atoms with Gasteiger partial charge < -0.3 is 15.2 Å². The van der Waals surface area contributed by atoms with Crippen LogP contribution >= 0.6 is 12.2 Å². The fourth-order valence-electron chi connectivity index (χ4n) is 2.89. The van der Waals surface area contributed by atoms with Crippen molar-refractivity contribution in [3.8, 4) is 11.5 Å². The van der Waals surface area contributed by atoms with Crippen LogP contribution in [0, 0.1) is 0 Å². The van der Waals surface area contributed by atoms with Gasteiger partial charge in [-0.05, 0) is 68.4 Å². The highest BCUT2D eigenvalue weighted by Gasteiger charge is 2.27. The lowest BCUT2D eigenvalue weighted by molar-refractivity contribution is 0.157. The molecule has 0 aliphatic carbocycles. The molecule has 0 saturated heterocycles. The average molecular weight is 369 g/mol. The number of phenolic OH excluding ortho intramolecular Hbond substituents is 1. The predicted octanol–water partition coefficient (Wildman–Crippen LogP) is 3.96. The zero-order valence-corrected chi connectivity index (χ0v) is 15.9. The molecule has 26 heavy (non-hydrogen) atoms. The number of aromatic hydroxyl groups is 1. The Bertz CT molecular complexity index is 862. The van der Waals surface area contributed by atoms with E-state index >= 15 is 0 Å². The number of hydrazine groups is 1. The van der Waals surface area contributed by atoms with Crippen LogP contribution in [-0.2, 0) is 6.42 Å². The van der Waals surface area contributed by atoms with Crippen molar-refractivity contribution in [2.45, 2.75) is 32.8 Å². The summed E-state index contributed by atoms with van der Waals surface area (Å²) in [7, 11) is 0. The number of aryl methyl sites for hydroxylation is 1. The van der Waals surface area contributed by atoms with E-state index in [1.165, 1.54) is 5.56 Å². The lowest BCUT2D eigenvalue weighted by atomic mass is 9.99. The molecule has 0 fully saturated rings. The van der Waals surface area contributed by atoms with E-state index < -0.39 is 5.60 Å². The number of para-hydroxylation sites is 1. The molecular weight excluding hydrogens is 346 g/mol. The first-order valence-electron chi connectivity index (χ1n) is 8.54. The molecule has 0 aromatic heterocycles. The van der Waals surface area contributed by atoms with Gasteiger partial charge in [-0.1, -0.05) is 25.1 Å². The summed E-state index contributed by atoms with van der Waals surface area (Å²) in [5, 5.41) is 13.5. The number of ether oxygens (including phenoxy) is 1. The minimum Gasteiger partial charge on any atom is -0.508 e. The van der Waals surface area contributed by atoms with Gasteiger partial charge in [-0.3, -0.25) is 10.9 Å². The number of rotatable bonds is 4. The highest BCUT2D eigenvalue weighted by Crippen LogP contribution is 2.36. The van der Waals surface area contributed by atoms with Crippen LogP contribution in [0.15, 0.2) is 48.5 Å².